The van der Waals surface area contributed by atoms with Crippen molar-refractivity contribution in [3.05, 3.63) is 58.8 Å². The van der Waals surface area contributed by atoms with Crippen molar-refractivity contribution < 1.29 is 4.79 Å². The van der Waals surface area contributed by atoms with Crippen LogP contribution in [0.15, 0.2) is 36.4 Å². The van der Waals surface area contributed by atoms with Crippen molar-refractivity contribution in [1.29, 1.82) is 0 Å². The quantitative estimate of drug-likeness (QED) is 0.704. The number of nitrogens with one attached hydrogen (secondary N) is 2. The van der Waals surface area contributed by atoms with Crippen LogP contribution in [0.5, 0.6) is 0 Å². The molecule has 0 bridgehead atoms. The zero-order chi connectivity index (χ0) is 18.3. The number of amides is 1. The molecule has 2 aromatic carbocycles. The number of aromatic amines is 1. The van der Waals surface area contributed by atoms with E-state index in [0.29, 0.717) is 5.69 Å². The highest BCUT2D eigenvalue weighted by Gasteiger charge is 2.15. The van der Waals surface area contributed by atoms with Crippen LogP contribution < -0.4 is 10.2 Å². The van der Waals surface area contributed by atoms with Gasteiger partial charge in [-0.3, -0.25) is 4.79 Å². The Morgan fingerprint density at radius 1 is 1.00 bits per heavy atom. The molecule has 0 spiro atoms. The molecular formula is C22H25N3O. The van der Waals surface area contributed by atoms with Crippen LogP contribution in [0.25, 0.3) is 10.9 Å². The van der Waals surface area contributed by atoms with E-state index in [9.17, 15) is 4.79 Å². The molecule has 26 heavy (non-hydrogen) atoms. The topological polar surface area (TPSA) is 48.1 Å². The van der Waals surface area contributed by atoms with Crippen LogP contribution in [0.4, 0.5) is 11.4 Å². The van der Waals surface area contributed by atoms with Gasteiger partial charge in [0.1, 0.15) is 5.69 Å². The molecule has 0 saturated carbocycles. The first-order valence-corrected chi connectivity index (χ1v) is 9.28. The molecule has 0 unspecified atom stereocenters. The van der Waals surface area contributed by atoms with E-state index >= 15 is 0 Å². The van der Waals surface area contributed by atoms with Gasteiger partial charge in [0.15, 0.2) is 0 Å². The van der Waals surface area contributed by atoms with Crippen LogP contribution in [0, 0.1) is 20.8 Å². The van der Waals surface area contributed by atoms with Crippen molar-refractivity contribution in [3.63, 3.8) is 0 Å². The first kappa shape index (κ1) is 16.7. The van der Waals surface area contributed by atoms with E-state index in [0.717, 1.165) is 35.2 Å². The van der Waals surface area contributed by atoms with Crippen LogP contribution in [-0.2, 0) is 0 Å². The van der Waals surface area contributed by atoms with Crippen molar-refractivity contribution in [2.75, 3.05) is 23.3 Å². The lowest BCUT2D eigenvalue weighted by Gasteiger charge is -2.19. The molecule has 4 heteroatoms. The summed E-state index contributed by atoms with van der Waals surface area (Å²) in [6, 6.07) is 12.4. The number of benzene rings is 2. The zero-order valence-electron chi connectivity index (χ0n) is 15.6. The number of aromatic nitrogens is 1. The third-order valence-corrected chi connectivity index (χ3v) is 5.26. The summed E-state index contributed by atoms with van der Waals surface area (Å²) in [5, 5.41) is 4.15. The molecule has 1 amide bonds. The van der Waals surface area contributed by atoms with Crippen molar-refractivity contribution in [1.82, 2.24) is 4.98 Å². The van der Waals surface area contributed by atoms with Gasteiger partial charge in [-0.15, -0.1) is 0 Å². The molecule has 1 aromatic heterocycles. The Hall–Kier alpha value is -2.75. The second-order valence-electron chi connectivity index (χ2n) is 7.37. The summed E-state index contributed by atoms with van der Waals surface area (Å²) in [5.41, 5.74) is 7.18. The van der Waals surface area contributed by atoms with Crippen LogP contribution >= 0.6 is 0 Å². The van der Waals surface area contributed by atoms with Gasteiger partial charge in [0, 0.05) is 35.4 Å². The van der Waals surface area contributed by atoms with Crippen LogP contribution in [-0.4, -0.2) is 24.0 Å². The van der Waals surface area contributed by atoms with E-state index < -0.39 is 0 Å². The molecule has 4 rings (SSSR count). The van der Waals surface area contributed by atoms with Crippen molar-refractivity contribution in [2.24, 2.45) is 0 Å². The van der Waals surface area contributed by atoms with Crippen LogP contribution in [0.2, 0.25) is 0 Å². The van der Waals surface area contributed by atoms with E-state index in [-0.39, 0.29) is 5.91 Å². The van der Waals surface area contributed by atoms with Crippen molar-refractivity contribution >= 4 is 28.2 Å². The number of rotatable bonds is 3. The number of hydrogen-bond acceptors (Lipinski definition) is 2. The van der Waals surface area contributed by atoms with E-state index in [1.54, 1.807) is 0 Å². The SMILES string of the molecule is Cc1cc(C)c2cc(C(=O)Nc3ccc(N4CCCC4)cc3C)[nH]c2c1. The molecule has 2 heterocycles. The van der Waals surface area contributed by atoms with Gasteiger partial charge in [0.25, 0.3) is 5.91 Å². The lowest BCUT2D eigenvalue weighted by molar-refractivity contribution is 0.102. The standard InChI is InChI=1S/C22H25N3O/c1-14-10-15(2)18-13-21(23-20(18)11-14)22(26)24-19-7-6-17(12-16(19)3)25-8-4-5-9-25/h6-7,10-13,23H,4-5,8-9H2,1-3H3,(H,24,26). The van der Waals surface area contributed by atoms with Gasteiger partial charge in [-0.05, 0) is 80.6 Å². The lowest BCUT2D eigenvalue weighted by Crippen LogP contribution is -2.18. The highest BCUT2D eigenvalue weighted by Crippen LogP contribution is 2.26. The summed E-state index contributed by atoms with van der Waals surface area (Å²) in [5.74, 6) is -0.102. The number of carbonyl (C=O) groups excluding carboxylic acids is 1. The molecule has 1 aliphatic rings. The predicted molar refractivity (Wildman–Crippen MR) is 108 cm³/mol. The minimum atomic E-state index is -0.102. The molecule has 0 radical (unpaired) electrons. The van der Waals surface area contributed by atoms with Crippen molar-refractivity contribution in [2.45, 2.75) is 33.6 Å². The summed E-state index contributed by atoms with van der Waals surface area (Å²) < 4.78 is 0. The molecule has 0 aliphatic carbocycles. The number of hydrogen-bond donors (Lipinski definition) is 2. The van der Waals surface area contributed by atoms with E-state index in [4.69, 9.17) is 0 Å². The Morgan fingerprint density at radius 3 is 2.50 bits per heavy atom. The van der Waals surface area contributed by atoms with Gasteiger partial charge in [-0.1, -0.05) is 6.07 Å². The third-order valence-electron chi connectivity index (χ3n) is 5.26. The Bertz CT molecular complexity index is 980. The number of nitrogens with zero attached hydrogens (tertiary/aromatic N) is 1. The number of anilines is 2. The summed E-state index contributed by atoms with van der Waals surface area (Å²) in [6.07, 6.45) is 2.52. The van der Waals surface area contributed by atoms with E-state index in [2.05, 4.69) is 53.3 Å². The van der Waals surface area contributed by atoms with E-state index in [1.165, 1.54) is 29.7 Å². The maximum absolute atomic E-state index is 12.7. The fourth-order valence-corrected chi connectivity index (χ4v) is 3.87. The van der Waals surface area contributed by atoms with Gasteiger partial charge < -0.3 is 15.2 Å². The Labute approximate surface area is 154 Å². The zero-order valence-corrected chi connectivity index (χ0v) is 15.6. The lowest BCUT2D eigenvalue weighted by atomic mass is 10.1. The largest absolute Gasteiger partial charge is 0.372 e. The molecular weight excluding hydrogens is 322 g/mol. The molecule has 1 aliphatic heterocycles. The minimum Gasteiger partial charge on any atom is -0.372 e. The normalized spacial score (nSPS) is 14.2. The second-order valence-corrected chi connectivity index (χ2v) is 7.37. The Balaban J connectivity index is 1.57. The molecule has 1 saturated heterocycles. The number of H-pyrrole nitrogens is 1. The third kappa shape index (κ3) is 3.07. The van der Waals surface area contributed by atoms with Gasteiger partial charge in [-0.25, -0.2) is 0 Å². The average Bonchev–Trinajstić information content (AvgIpc) is 3.26. The first-order chi connectivity index (χ1) is 12.5. The van der Waals surface area contributed by atoms with Crippen molar-refractivity contribution in [3.8, 4) is 0 Å². The first-order valence-electron chi connectivity index (χ1n) is 9.28. The van der Waals surface area contributed by atoms with Gasteiger partial charge >= 0.3 is 0 Å². The summed E-state index contributed by atoms with van der Waals surface area (Å²) >= 11 is 0. The van der Waals surface area contributed by atoms with Gasteiger partial charge in [-0.2, -0.15) is 0 Å². The van der Waals surface area contributed by atoms with Gasteiger partial charge in [0.05, 0.1) is 0 Å². The Kier molecular flexibility index (Phi) is 4.19. The average molecular weight is 347 g/mol. The molecule has 3 aromatic rings. The van der Waals surface area contributed by atoms with Crippen LogP contribution in [0.3, 0.4) is 0 Å². The van der Waals surface area contributed by atoms with E-state index in [1.807, 2.05) is 19.1 Å². The minimum absolute atomic E-state index is 0.102. The summed E-state index contributed by atoms with van der Waals surface area (Å²) in [4.78, 5) is 18.4. The molecule has 134 valence electrons. The number of fused-ring (bicyclic) bond motifs is 1. The van der Waals surface area contributed by atoms with Gasteiger partial charge in [0.2, 0.25) is 0 Å². The maximum atomic E-state index is 12.7. The number of carbonyl (C=O) groups is 1. The molecule has 2 N–H and O–H groups in total. The summed E-state index contributed by atoms with van der Waals surface area (Å²) in [6.45, 7) is 8.44. The highest BCUT2D eigenvalue weighted by atomic mass is 16.1. The number of aryl methyl sites for hydroxylation is 3. The van der Waals surface area contributed by atoms with Crippen LogP contribution in [0.1, 0.15) is 40.0 Å². The smallest absolute Gasteiger partial charge is 0.272 e. The fourth-order valence-electron chi connectivity index (χ4n) is 3.87. The predicted octanol–water partition coefficient (Wildman–Crippen LogP) is 4.95. The molecule has 1 fully saturated rings. The molecule has 4 nitrogen and oxygen atoms in total. The monoisotopic (exact) mass is 347 g/mol. The Morgan fingerprint density at radius 2 is 1.77 bits per heavy atom. The highest BCUT2D eigenvalue weighted by molar-refractivity contribution is 6.06. The maximum Gasteiger partial charge on any atom is 0.272 e. The second kappa shape index (κ2) is 6.52. The summed E-state index contributed by atoms with van der Waals surface area (Å²) in [7, 11) is 0. The molecule has 0 atom stereocenters. The fraction of sp³-hybridized carbons (Fsp3) is 0.318.